The van der Waals surface area contributed by atoms with E-state index in [1.54, 1.807) is 36.5 Å². The number of hydrogen-bond donors (Lipinski definition) is 2. The minimum absolute atomic E-state index is 0.128. The third kappa shape index (κ3) is 4.38. The number of hydrogen-bond acceptors (Lipinski definition) is 8. The molecule has 154 valence electrons. The normalized spacial score (nSPS) is 12.8. The molecule has 0 saturated heterocycles. The van der Waals surface area contributed by atoms with Crippen LogP contribution in [0.25, 0.3) is 0 Å². The zero-order valence-corrected chi connectivity index (χ0v) is 17.4. The fraction of sp³-hybridized carbons (Fsp3) is 0.250. The van der Waals surface area contributed by atoms with Gasteiger partial charge in [-0.1, -0.05) is 32.1 Å². The smallest absolute Gasteiger partial charge is 0.325 e. The Morgan fingerprint density at radius 3 is 2.60 bits per heavy atom. The Morgan fingerprint density at radius 2 is 1.90 bits per heavy atom. The Hall–Kier alpha value is -3.53. The highest BCUT2D eigenvalue weighted by atomic mass is 32.1. The number of rotatable bonds is 4. The number of anilines is 2. The van der Waals surface area contributed by atoms with E-state index in [1.807, 2.05) is 20.8 Å². The molecule has 2 amide bonds. The van der Waals surface area contributed by atoms with Crippen molar-refractivity contribution in [3.8, 4) is 17.2 Å². The summed E-state index contributed by atoms with van der Waals surface area (Å²) in [5.74, 6) is 0.923. The van der Waals surface area contributed by atoms with Crippen molar-refractivity contribution in [2.75, 3.05) is 10.6 Å². The van der Waals surface area contributed by atoms with E-state index in [4.69, 9.17) is 9.47 Å². The molecule has 0 fully saturated rings. The van der Waals surface area contributed by atoms with E-state index in [1.165, 1.54) is 11.3 Å². The summed E-state index contributed by atoms with van der Waals surface area (Å²) in [6, 6.07) is 8.00. The van der Waals surface area contributed by atoms with Crippen molar-refractivity contribution in [3.63, 3.8) is 0 Å². The van der Waals surface area contributed by atoms with Crippen LogP contribution in [0.15, 0.2) is 36.5 Å². The van der Waals surface area contributed by atoms with E-state index < -0.39 is 6.03 Å². The predicted octanol–water partition coefficient (Wildman–Crippen LogP) is 4.13. The van der Waals surface area contributed by atoms with E-state index in [0.29, 0.717) is 33.8 Å². The number of carbonyl (C=O) groups excluding carboxylic acids is 2. The molecule has 4 rings (SSSR count). The first kappa shape index (κ1) is 19.8. The number of pyridine rings is 1. The highest BCUT2D eigenvalue weighted by molar-refractivity contribution is 7.15. The zero-order chi connectivity index (χ0) is 21.3. The van der Waals surface area contributed by atoms with Crippen LogP contribution in [0.2, 0.25) is 0 Å². The molecule has 30 heavy (non-hydrogen) atoms. The molecule has 0 spiro atoms. The third-order valence-electron chi connectivity index (χ3n) is 4.10. The minimum atomic E-state index is -0.417. The van der Waals surface area contributed by atoms with Crippen LogP contribution in [0.3, 0.4) is 0 Å². The fourth-order valence-electron chi connectivity index (χ4n) is 2.64. The van der Waals surface area contributed by atoms with Crippen molar-refractivity contribution in [1.29, 1.82) is 0 Å². The SMILES string of the molecule is CC(C)(C)c1nnc(NC(=O)Nc2ccc(Oc3ccnc4c3OC(=O)C4)cc2)s1. The van der Waals surface area contributed by atoms with Crippen LogP contribution in [-0.4, -0.2) is 27.2 Å². The van der Waals surface area contributed by atoms with Gasteiger partial charge >= 0.3 is 12.0 Å². The number of urea groups is 1. The largest absolute Gasteiger partial charge is 0.453 e. The van der Waals surface area contributed by atoms with Crippen molar-refractivity contribution in [3.05, 3.63) is 47.2 Å². The molecular formula is C20H19N5O4S. The van der Waals surface area contributed by atoms with Gasteiger partial charge in [0.25, 0.3) is 0 Å². The number of amides is 2. The Kier molecular flexibility index (Phi) is 5.08. The van der Waals surface area contributed by atoms with Gasteiger partial charge in [-0.15, -0.1) is 10.2 Å². The monoisotopic (exact) mass is 425 g/mol. The molecule has 10 heteroatoms. The van der Waals surface area contributed by atoms with Gasteiger partial charge in [0.05, 0.1) is 12.1 Å². The van der Waals surface area contributed by atoms with Gasteiger partial charge in [-0.3, -0.25) is 15.1 Å². The van der Waals surface area contributed by atoms with Crippen LogP contribution in [0, 0.1) is 0 Å². The van der Waals surface area contributed by atoms with E-state index >= 15 is 0 Å². The topological polar surface area (TPSA) is 115 Å². The number of fused-ring (bicyclic) bond motifs is 1. The Morgan fingerprint density at radius 1 is 1.13 bits per heavy atom. The molecule has 0 saturated carbocycles. The van der Waals surface area contributed by atoms with Crippen LogP contribution in [0.1, 0.15) is 31.5 Å². The van der Waals surface area contributed by atoms with Gasteiger partial charge in [0.15, 0.2) is 11.5 Å². The summed E-state index contributed by atoms with van der Waals surface area (Å²) in [4.78, 5) is 27.8. The first-order valence-electron chi connectivity index (χ1n) is 9.16. The Labute approximate surface area is 176 Å². The molecule has 0 unspecified atom stereocenters. The molecule has 0 bridgehead atoms. The second-order valence-corrected chi connectivity index (χ2v) is 8.58. The molecule has 0 radical (unpaired) electrons. The van der Waals surface area contributed by atoms with Gasteiger partial charge in [-0.2, -0.15) is 0 Å². The predicted molar refractivity (Wildman–Crippen MR) is 111 cm³/mol. The molecule has 0 aliphatic carbocycles. The minimum Gasteiger partial charge on any atom is -0.453 e. The molecule has 2 N–H and O–H groups in total. The number of carbonyl (C=O) groups is 2. The van der Waals surface area contributed by atoms with E-state index in [2.05, 4.69) is 25.8 Å². The van der Waals surface area contributed by atoms with Crippen molar-refractivity contribution in [1.82, 2.24) is 15.2 Å². The second kappa shape index (κ2) is 7.71. The van der Waals surface area contributed by atoms with Gasteiger partial charge in [-0.05, 0) is 24.3 Å². The van der Waals surface area contributed by atoms with Crippen molar-refractivity contribution >= 4 is 34.2 Å². The molecule has 9 nitrogen and oxygen atoms in total. The van der Waals surface area contributed by atoms with E-state index in [0.717, 1.165) is 5.01 Å². The molecule has 3 aromatic rings. The van der Waals surface area contributed by atoms with Crippen molar-refractivity contribution < 1.29 is 19.1 Å². The first-order chi connectivity index (χ1) is 14.3. The lowest BCUT2D eigenvalue weighted by molar-refractivity contribution is -0.131. The summed E-state index contributed by atoms with van der Waals surface area (Å²) in [6.45, 7) is 6.10. The Bertz CT molecular complexity index is 1110. The van der Waals surface area contributed by atoms with Gasteiger partial charge in [0, 0.05) is 23.4 Å². The maximum absolute atomic E-state index is 12.2. The van der Waals surface area contributed by atoms with Gasteiger partial charge in [-0.25, -0.2) is 4.79 Å². The number of nitrogens with zero attached hydrogens (tertiary/aromatic N) is 3. The average Bonchev–Trinajstić information content (AvgIpc) is 3.29. The third-order valence-corrected chi connectivity index (χ3v) is 5.36. The Balaban J connectivity index is 1.37. The molecule has 1 aliphatic heterocycles. The van der Waals surface area contributed by atoms with Crippen molar-refractivity contribution in [2.24, 2.45) is 0 Å². The van der Waals surface area contributed by atoms with Crippen LogP contribution in [-0.2, 0) is 16.6 Å². The number of ether oxygens (including phenoxy) is 2. The summed E-state index contributed by atoms with van der Waals surface area (Å²) in [5, 5.41) is 14.8. The molecule has 2 aromatic heterocycles. The summed E-state index contributed by atoms with van der Waals surface area (Å²) in [7, 11) is 0. The number of esters is 1. The standard InChI is InChI=1S/C20H19N5O4S/c1-20(2,3)17-24-25-19(30-17)23-18(27)22-11-4-6-12(7-5-11)28-14-8-9-21-13-10-15(26)29-16(13)14/h4-9H,10H2,1-3H3,(H2,22,23,25,27). The van der Waals surface area contributed by atoms with Crippen molar-refractivity contribution in [2.45, 2.75) is 32.6 Å². The molecule has 0 atom stereocenters. The summed E-state index contributed by atoms with van der Waals surface area (Å²) >= 11 is 1.34. The second-order valence-electron chi connectivity index (χ2n) is 7.60. The van der Waals surface area contributed by atoms with Crippen LogP contribution in [0.4, 0.5) is 15.6 Å². The van der Waals surface area contributed by atoms with Crippen LogP contribution in [0.5, 0.6) is 17.2 Å². The first-order valence-corrected chi connectivity index (χ1v) is 9.98. The van der Waals surface area contributed by atoms with Crippen LogP contribution < -0.4 is 20.1 Å². The van der Waals surface area contributed by atoms with Gasteiger partial charge in [0.2, 0.25) is 5.13 Å². The van der Waals surface area contributed by atoms with Crippen LogP contribution >= 0.6 is 11.3 Å². The number of nitrogens with one attached hydrogen (secondary N) is 2. The fourth-order valence-corrected chi connectivity index (χ4v) is 3.44. The summed E-state index contributed by atoms with van der Waals surface area (Å²) in [6.07, 6.45) is 1.70. The maximum Gasteiger partial charge on any atom is 0.325 e. The van der Waals surface area contributed by atoms with Gasteiger partial charge in [0.1, 0.15) is 10.8 Å². The van der Waals surface area contributed by atoms with E-state index in [9.17, 15) is 9.59 Å². The summed E-state index contributed by atoms with van der Waals surface area (Å²) in [5.41, 5.74) is 1.00. The maximum atomic E-state index is 12.2. The molecule has 1 aromatic carbocycles. The highest BCUT2D eigenvalue weighted by Crippen LogP contribution is 2.37. The zero-order valence-electron chi connectivity index (χ0n) is 16.6. The molecule has 3 heterocycles. The lowest BCUT2D eigenvalue weighted by atomic mass is 9.98. The number of benzene rings is 1. The lowest BCUT2D eigenvalue weighted by Crippen LogP contribution is -2.19. The van der Waals surface area contributed by atoms with Gasteiger partial charge < -0.3 is 14.8 Å². The lowest BCUT2D eigenvalue weighted by Gasteiger charge is -2.12. The average molecular weight is 425 g/mol. The number of aromatic nitrogens is 3. The molecular weight excluding hydrogens is 406 g/mol. The quantitative estimate of drug-likeness (QED) is 0.604. The highest BCUT2D eigenvalue weighted by Gasteiger charge is 2.26. The summed E-state index contributed by atoms with van der Waals surface area (Å²) < 4.78 is 11.0. The van der Waals surface area contributed by atoms with E-state index in [-0.39, 0.29) is 17.8 Å². The molecule has 1 aliphatic rings.